The summed E-state index contributed by atoms with van der Waals surface area (Å²) in [5.41, 5.74) is 7.32. The highest BCUT2D eigenvalue weighted by Gasteiger charge is 2.34. The Morgan fingerprint density at radius 2 is 2.35 bits per heavy atom. The fraction of sp³-hybridized carbons (Fsp3) is 0.647. The van der Waals surface area contributed by atoms with E-state index in [2.05, 4.69) is 22.8 Å². The summed E-state index contributed by atoms with van der Waals surface area (Å²) >= 11 is 0. The van der Waals surface area contributed by atoms with Gasteiger partial charge >= 0.3 is 0 Å². The molecule has 2 fully saturated rings. The molecule has 1 aromatic heterocycles. The van der Waals surface area contributed by atoms with Gasteiger partial charge in [-0.3, -0.25) is 9.78 Å². The first kappa shape index (κ1) is 16.4. The highest BCUT2D eigenvalue weighted by Crippen LogP contribution is 2.22. The number of hydrogen-bond acceptors (Lipinski definition) is 5. The fourth-order valence-electron chi connectivity index (χ4n) is 3.31. The van der Waals surface area contributed by atoms with Crippen LogP contribution in [-0.2, 0) is 9.53 Å². The van der Waals surface area contributed by atoms with E-state index in [1.807, 2.05) is 23.1 Å². The Bertz CT molecular complexity index is 505. The van der Waals surface area contributed by atoms with E-state index in [1.54, 1.807) is 6.20 Å². The fourth-order valence-corrected chi connectivity index (χ4v) is 3.31. The van der Waals surface area contributed by atoms with Crippen LogP contribution < -0.4 is 10.9 Å². The van der Waals surface area contributed by atoms with E-state index in [-0.39, 0.29) is 24.1 Å². The van der Waals surface area contributed by atoms with Crippen LogP contribution in [0.5, 0.6) is 0 Å². The number of aromatic nitrogens is 1. The lowest BCUT2D eigenvalue weighted by molar-refractivity contribution is -0.134. The number of hydrazine groups is 1. The molecule has 0 aromatic carbocycles. The molecule has 6 heteroatoms. The zero-order valence-electron chi connectivity index (χ0n) is 13.7. The summed E-state index contributed by atoms with van der Waals surface area (Å²) in [4.78, 5) is 19.2. The molecule has 23 heavy (non-hydrogen) atoms. The first-order valence-corrected chi connectivity index (χ1v) is 8.60. The number of carbonyl (C=O) groups is 1. The molecule has 2 N–H and O–H groups in total. The second-order valence-corrected chi connectivity index (χ2v) is 6.30. The topological polar surface area (TPSA) is 66.5 Å². The molecular formula is C17H26N4O2. The number of nitrogens with zero attached hydrogens (tertiary/aromatic N) is 2. The summed E-state index contributed by atoms with van der Waals surface area (Å²) in [6.45, 7) is 4.42. The second-order valence-electron chi connectivity index (χ2n) is 6.30. The van der Waals surface area contributed by atoms with Gasteiger partial charge in [-0.05, 0) is 37.8 Å². The van der Waals surface area contributed by atoms with E-state index in [9.17, 15) is 4.79 Å². The monoisotopic (exact) mass is 318 g/mol. The first-order chi connectivity index (χ1) is 11.3. The van der Waals surface area contributed by atoms with Crippen molar-refractivity contribution >= 4 is 5.91 Å². The van der Waals surface area contributed by atoms with Gasteiger partial charge in [0, 0.05) is 25.9 Å². The standard InChI is InChI=1S/C17H26N4O2/c1-2-9-21(12-13-6-5-10-23-13)17(22)16-11-15(19-20-16)14-7-3-4-8-18-14/h3-4,7-8,13,15-16,19-20H,2,5-6,9-12H2,1H3. The normalized spacial score (nSPS) is 27.3. The van der Waals surface area contributed by atoms with Crippen LogP contribution in [0, 0.1) is 0 Å². The smallest absolute Gasteiger partial charge is 0.241 e. The minimum absolute atomic E-state index is 0.0800. The van der Waals surface area contributed by atoms with Gasteiger partial charge in [-0.2, -0.15) is 0 Å². The highest BCUT2D eigenvalue weighted by molar-refractivity contribution is 5.82. The Kier molecular flexibility index (Phi) is 5.59. The SMILES string of the molecule is CCCN(CC1CCCO1)C(=O)C1CC(c2ccccn2)NN1. The first-order valence-electron chi connectivity index (χ1n) is 8.60. The van der Waals surface area contributed by atoms with Crippen molar-refractivity contribution in [1.82, 2.24) is 20.7 Å². The van der Waals surface area contributed by atoms with E-state index in [0.29, 0.717) is 6.54 Å². The van der Waals surface area contributed by atoms with Crippen LogP contribution in [0.1, 0.15) is 44.3 Å². The van der Waals surface area contributed by atoms with Crippen LogP contribution in [0.25, 0.3) is 0 Å². The molecule has 3 heterocycles. The summed E-state index contributed by atoms with van der Waals surface area (Å²) in [6.07, 6.45) is 5.83. The van der Waals surface area contributed by atoms with Gasteiger partial charge in [0.1, 0.15) is 6.04 Å². The van der Waals surface area contributed by atoms with Gasteiger partial charge in [-0.25, -0.2) is 10.9 Å². The molecule has 0 radical (unpaired) electrons. The molecule has 0 aliphatic carbocycles. The van der Waals surface area contributed by atoms with Crippen molar-refractivity contribution in [2.45, 2.75) is 50.8 Å². The third kappa shape index (κ3) is 4.07. The van der Waals surface area contributed by atoms with Gasteiger partial charge in [-0.15, -0.1) is 0 Å². The van der Waals surface area contributed by atoms with Crippen LogP contribution in [0.2, 0.25) is 0 Å². The van der Waals surface area contributed by atoms with Crippen molar-refractivity contribution < 1.29 is 9.53 Å². The van der Waals surface area contributed by atoms with Crippen LogP contribution >= 0.6 is 0 Å². The highest BCUT2D eigenvalue weighted by atomic mass is 16.5. The van der Waals surface area contributed by atoms with Crippen LogP contribution in [0.4, 0.5) is 0 Å². The Morgan fingerprint density at radius 1 is 1.43 bits per heavy atom. The Hall–Kier alpha value is -1.50. The molecule has 6 nitrogen and oxygen atoms in total. The maximum Gasteiger partial charge on any atom is 0.241 e. The van der Waals surface area contributed by atoms with Crippen molar-refractivity contribution in [2.24, 2.45) is 0 Å². The van der Waals surface area contributed by atoms with E-state index >= 15 is 0 Å². The number of ether oxygens (including phenoxy) is 1. The predicted molar refractivity (Wildman–Crippen MR) is 87.5 cm³/mol. The minimum Gasteiger partial charge on any atom is -0.376 e. The summed E-state index contributed by atoms with van der Waals surface area (Å²) in [5.74, 6) is 0.160. The summed E-state index contributed by atoms with van der Waals surface area (Å²) < 4.78 is 5.69. The molecular weight excluding hydrogens is 292 g/mol. The average molecular weight is 318 g/mol. The summed E-state index contributed by atoms with van der Waals surface area (Å²) in [5, 5.41) is 0. The van der Waals surface area contributed by atoms with E-state index in [4.69, 9.17) is 4.74 Å². The van der Waals surface area contributed by atoms with Crippen molar-refractivity contribution in [3.63, 3.8) is 0 Å². The average Bonchev–Trinajstić information content (AvgIpc) is 3.26. The number of rotatable bonds is 6. The lowest BCUT2D eigenvalue weighted by atomic mass is 10.1. The number of carbonyl (C=O) groups excluding carboxylic acids is 1. The molecule has 126 valence electrons. The van der Waals surface area contributed by atoms with Gasteiger partial charge in [0.25, 0.3) is 0 Å². The Morgan fingerprint density at radius 3 is 3.04 bits per heavy atom. The van der Waals surface area contributed by atoms with Gasteiger partial charge in [0.15, 0.2) is 0 Å². The third-order valence-corrected chi connectivity index (χ3v) is 4.50. The summed E-state index contributed by atoms with van der Waals surface area (Å²) in [6, 6.07) is 5.74. The molecule has 0 spiro atoms. The lowest BCUT2D eigenvalue weighted by Gasteiger charge is -2.27. The molecule has 0 saturated carbocycles. The van der Waals surface area contributed by atoms with Crippen LogP contribution in [-0.4, -0.2) is 47.6 Å². The Balaban J connectivity index is 1.59. The number of hydrogen-bond donors (Lipinski definition) is 2. The largest absolute Gasteiger partial charge is 0.376 e. The van der Waals surface area contributed by atoms with E-state index in [0.717, 1.165) is 44.5 Å². The molecule has 1 amide bonds. The van der Waals surface area contributed by atoms with Crippen molar-refractivity contribution in [1.29, 1.82) is 0 Å². The quantitative estimate of drug-likeness (QED) is 0.830. The Labute approximate surface area is 137 Å². The van der Waals surface area contributed by atoms with Crippen molar-refractivity contribution in [3.05, 3.63) is 30.1 Å². The van der Waals surface area contributed by atoms with Crippen LogP contribution in [0.15, 0.2) is 24.4 Å². The van der Waals surface area contributed by atoms with Crippen LogP contribution in [0.3, 0.4) is 0 Å². The maximum atomic E-state index is 12.8. The van der Waals surface area contributed by atoms with E-state index in [1.165, 1.54) is 0 Å². The molecule has 3 rings (SSSR count). The van der Waals surface area contributed by atoms with Gasteiger partial charge in [0.05, 0.1) is 17.8 Å². The van der Waals surface area contributed by atoms with E-state index < -0.39 is 0 Å². The number of nitrogens with one attached hydrogen (secondary N) is 2. The molecule has 2 aliphatic rings. The molecule has 2 aliphatic heterocycles. The third-order valence-electron chi connectivity index (χ3n) is 4.50. The van der Waals surface area contributed by atoms with Crippen molar-refractivity contribution in [3.8, 4) is 0 Å². The summed E-state index contributed by atoms with van der Waals surface area (Å²) in [7, 11) is 0. The minimum atomic E-state index is -0.199. The molecule has 0 bridgehead atoms. The zero-order chi connectivity index (χ0) is 16.1. The molecule has 3 atom stereocenters. The van der Waals surface area contributed by atoms with Gasteiger partial charge < -0.3 is 9.64 Å². The van der Waals surface area contributed by atoms with Gasteiger partial charge in [-0.1, -0.05) is 13.0 Å². The molecule has 2 saturated heterocycles. The number of amides is 1. The number of pyridine rings is 1. The second kappa shape index (κ2) is 7.86. The predicted octanol–water partition coefficient (Wildman–Crippen LogP) is 1.41. The maximum absolute atomic E-state index is 12.8. The zero-order valence-corrected chi connectivity index (χ0v) is 13.7. The van der Waals surface area contributed by atoms with Crippen molar-refractivity contribution in [2.75, 3.05) is 19.7 Å². The molecule has 3 unspecified atom stereocenters. The van der Waals surface area contributed by atoms with Gasteiger partial charge in [0.2, 0.25) is 5.91 Å². The molecule has 1 aromatic rings. The lowest BCUT2D eigenvalue weighted by Crippen LogP contribution is -2.48.